The van der Waals surface area contributed by atoms with Crippen molar-refractivity contribution >= 4 is 34.3 Å². The van der Waals surface area contributed by atoms with E-state index in [0.29, 0.717) is 22.9 Å². The number of benzene rings is 2. The molecule has 1 saturated heterocycles. The first-order valence-corrected chi connectivity index (χ1v) is 17.5. The normalized spacial score (nSPS) is 17.2. The van der Waals surface area contributed by atoms with Crippen molar-refractivity contribution in [2.75, 3.05) is 38.0 Å². The van der Waals surface area contributed by atoms with Crippen LogP contribution in [0.15, 0.2) is 54.3 Å². The van der Waals surface area contributed by atoms with Gasteiger partial charge in [0.05, 0.1) is 25.1 Å². The summed E-state index contributed by atoms with van der Waals surface area (Å²) in [5.41, 5.74) is 4.00. The van der Waals surface area contributed by atoms with Crippen molar-refractivity contribution in [3.8, 4) is 11.1 Å². The van der Waals surface area contributed by atoms with Crippen molar-refractivity contribution in [3.05, 3.63) is 88.2 Å². The van der Waals surface area contributed by atoms with Crippen LogP contribution in [-0.4, -0.2) is 85.3 Å². The summed E-state index contributed by atoms with van der Waals surface area (Å²) >= 11 is 1.29. The molecule has 0 saturated carbocycles. The van der Waals surface area contributed by atoms with Crippen molar-refractivity contribution in [1.82, 2.24) is 29.2 Å². The fourth-order valence-electron chi connectivity index (χ4n) is 6.89. The molecule has 0 aliphatic carbocycles. The summed E-state index contributed by atoms with van der Waals surface area (Å²) in [5, 5.41) is 5.02. The number of rotatable bonds is 9. The Morgan fingerprint density at radius 3 is 2.49 bits per heavy atom. The van der Waals surface area contributed by atoms with E-state index < -0.39 is 29.3 Å². The highest BCUT2D eigenvalue weighted by molar-refractivity contribution is 7.13. The number of ether oxygens (including phenoxy) is 1. The van der Waals surface area contributed by atoms with E-state index in [0.717, 1.165) is 68.9 Å². The summed E-state index contributed by atoms with van der Waals surface area (Å²) in [6.45, 7) is 10.7. The Labute approximate surface area is 288 Å². The molecule has 49 heavy (non-hydrogen) atoms. The van der Waals surface area contributed by atoms with Gasteiger partial charge in [-0.15, -0.1) is 11.3 Å². The van der Waals surface area contributed by atoms with Gasteiger partial charge in [-0.1, -0.05) is 24.3 Å². The van der Waals surface area contributed by atoms with Crippen LogP contribution in [0.1, 0.15) is 66.1 Å². The maximum atomic E-state index is 15.7. The first kappa shape index (κ1) is 33.1. The van der Waals surface area contributed by atoms with Gasteiger partial charge in [-0.25, -0.2) is 14.4 Å². The number of carbonyl (C=O) groups excluding carboxylic acids is 3. The molecule has 13 heteroatoms. The zero-order valence-corrected chi connectivity index (χ0v) is 28.8. The van der Waals surface area contributed by atoms with E-state index in [1.165, 1.54) is 22.3 Å². The molecule has 256 valence electrons. The van der Waals surface area contributed by atoms with Crippen LogP contribution in [0.4, 0.5) is 9.52 Å². The summed E-state index contributed by atoms with van der Waals surface area (Å²) in [7, 11) is 0. The molecule has 5 heterocycles. The summed E-state index contributed by atoms with van der Waals surface area (Å²) in [6.07, 6.45) is 5.00. The van der Waals surface area contributed by atoms with Crippen molar-refractivity contribution in [2.24, 2.45) is 0 Å². The number of halogens is 1. The standard InChI is InChI=1S/C36H40FN7O4S/c1-36(2,3)48-30(45)21-42-14-12-41(13-15-42)19-23-6-8-24(9-7-23)25-17-26-27(28(37)18-25)20-44(34(26)47)32(33(46)40-35-38-10-16-49-35)31-29-5-4-11-43(29)22-39-31/h6-10,16-18,22,32H,4-5,11-15,19-21H2,1-3H3,(H,38,40,46). The molecule has 1 atom stereocenters. The van der Waals surface area contributed by atoms with Gasteiger partial charge >= 0.3 is 5.97 Å². The number of nitrogens with one attached hydrogen (secondary N) is 1. The van der Waals surface area contributed by atoms with Crippen molar-refractivity contribution in [3.63, 3.8) is 0 Å². The second-order valence-corrected chi connectivity index (χ2v) is 14.7. The average Bonchev–Trinajstić information content (AvgIpc) is 3.86. The third kappa shape index (κ3) is 7.15. The Kier molecular flexibility index (Phi) is 9.07. The van der Waals surface area contributed by atoms with Crippen molar-refractivity contribution in [2.45, 2.75) is 64.9 Å². The van der Waals surface area contributed by atoms with E-state index in [9.17, 15) is 14.4 Å². The largest absolute Gasteiger partial charge is 0.459 e. The van der Waals surface area contributed by atoms with Gasteiger partial charge in [-0.2, -0.15) is 0 Å². The van der Waals surface area contributed by atoms with Crippen molar-refractivity contribution < 1.29 is 23.5 Å². The van der Waals surface area contributed by atoms with Crippen LogP contribution in [-0.2, 0) is 40.4 Å². The van der Waals surface area contributed by atoms with E-state index in [-0.39, 0.29) is 23.6 Å². The molecule has 1 fully saturated rings. The van der Waals surface area contributed by atoms with Crippen LogP contribution >= 0.6 is 11.3 Å². The number of hydrogen-bond donors (Lipinski definition) is 1. The Morgan fingerprint density at radius 1 is 1.02 bits per heavy atom. The number of hydrogen-bond acceptors (Lipinski definition) is 9. The minimum absolute atomic E-state index is 0.0352. The number of amides is 2. The van der Waals surface area contributed by atoms with Gasteiger partial charge in [0, 0.05) is 67.7 Å². The topological polar surface area (TPSA) is 113 Å². The molecule has 11 nitrogen and oxygen atoms in total. The molecule has 2 aromatic heterocycles. The minimum Gasteiger partial charge on any atom is -0.459 e. The van der Waals surface area contributed by atoms with Crippen LogP contribution in [0.2, 0.25) is 0 Å². The number of imidazole rings is 1. The molecule has 0 radical (unpaired) electrons. The third-order valence-corrected chi connectivity index (χ3v) is 9.91. The summed E-state index contributed by atoms with van der Waals surface area (Å²) in [6, 6.07) is 10.1. The summed E-state index contributed by atoms with van der Waals surface area (Å²) < 4.78 is 23.2. The Hall–Kier alpha value is -4.46. The number of carbonyl (C=O) groups is 3. The smallest absolute Gasteiger partial charge is 0.320 e. The van der Waals surface area contributed by atoms with Gasteiger partial charge in [-0.05, 0) is 62.4 Å². The number of piperazine rings is 1. The average molecular weight is 686 g/mol. The Balaban J connectivity index is 1.04. The number of anilines is 1. The monoisotopic (exact) mass is 685 g/mol. The quantitative estimate of drug-likeness (QED) is 0.248. The third-order valence-electron chi connectivity index (χ3n) is 9.22. The molecule has 2 aromatic carbocycles. The fraction of sp³-hybridized carbons (Fsp3) is 0.417. The predicted molar refractivity (Wildman–Crippen MR) is 183 cm³/mol. The maximum Gasteiger partial charge on any atom is 0.320 e. The van der Waals surface area contributed by atoms with E-state index in [1.54, 1.807) is 24.0 Å². The number of aromatic nitrogens is 3. The van der Waals surface area contributed by atoms with Crippen LogP contribution in [0.5, 0.6) is 0 Å². The van der Waals surface area contributed by atoms with E-state index in [4.69, 9.17) is 4.74 Å². The number of nitrogens with zero attached hydrogens (tertiary/aromatic N) is 6. The van der Waals surface area contributed by atoms with Crippen LogP contribution in [0.25, 0.3) is 11.1 Å². The molecule has 3 aliphatic heterocycles. The SMILES string of the molecule is CC(C)(C)OC(=O)CN1CCN(Cc2ccc(-c3cc(F)c4c(c3)C(=O)N(C(C(=O)Nc3nccs3)c3ncn5c3CCC5)C4)cc2)CC1. The number of esters is 1. The molecule has 7 rings (SSSR count). The van der Waals surface area contributed by atoms with E-state index >= 15 is 4.39 Å². The zero-order valence-electron chi connectivity index (χ0n) is 27.9. The molecule has 3 aliphatic rings. The van der Waals surface area contributed by atoms with Gasteiger partial charge in [0.25, 0.3) is 11.8 Å². The highest BCUT2D eigenvalue weighted by Gasteiger charge is 2.42. The molecule has 0 bridgehead atoms. The van der Waals surface area contributed by atoms with Crippen LogP contribution in [0, 0.1) is 5.82 Å². The van der Waals surface area contributed by atoms with Gasteiger partial charge in [0.2, 0.25) is 0 Å². The molecule has 4 aromatic rings. The minimum atomic E-state index is -1.03. The van der Waals surface area contributed by atoms with Gasteiger partial charge < -0.3 is 14.2 Å². The predicted octanol–water partition coefficient (Wildman–Crippen LogP) is 4.89. The maximum absolute atomic E-state index is 15.7. The summed E-state index contributed by atoms with van der Waals surface area (Å²) in [5.74, 6) is -1.51. The Morgan fingerprint density at radius 2 is 1.78 bits per heavy atom. The molecule has 2 amide bonds. The highest BCUT2D eigenvalue weighted by atomic mass is 32.1. The lowest BCUT2D eigenvalue weighted by Crippen LogP contribution is -2.48. The van der Waals surface area contributed by atoms with Gasteiger partial charge in [0.1, 0.15) is 11.4 Å². The first-order valence-electron chi connectivity index (χ1n) is 16.7. The molecular formula is C36H40FN7O4S. The highest BCUT2D eigenvalue weighted by Crippen LogP contribution is 2.38. The van der Waals surface area contributed by atoms with Gasteiger partial charge in [0.15, 0.2) is 11.2 Å². The summed E-state index contributed by atoms with van der Waals surface area (Å²) in [4.78, 5) is 54.6. The zero-order chi connectivity index (χ0) is 34.3. The number of aryl methyl sites for hydroxylation is 1. The molecule has 1 unspecified atom stereocenters. The molecule has 0 spiro atoms. The second kappa shape index (κ2) is 13.4. The lowest BCUT2D eigenvalue weighted by atomic mass is 9.99. The van der Waals surface area contributed by atoms with Crippen LogP contribution in [0.3, 0.4) is 0 Å². The Bertz CT molecular complexity index is 1860. The van der Waals surface area contributed by atoms with E-state index in [1.807, 2.05) is 49.6 Å². The second-order valence-electron chi connectivity index (χ2n) is 13.9. The first-order chi connectivity index (χ1) is 23.5. The number of fused-ring (bicyclic) bond motifs is 2. The number of thiazole rings is 1. The molecule has 1 N–H and O–H groups in total. The van der Waals surface area contributed by atoms with E-state index in [2.05, 4.69) is 25.1 Å². The van der Waals surface area contributed by atoms with Crippen molar-refractivity contribution in [1.29, 1.82) is 0 Å². The van der Waals surface area contributed by atoms with Crippen LogP contribution < -0.4 is 5.32 Å². The lowest BCUT2D eigenvalue weighted by Gasteiger charge is -2.34. The lowest BCUT2D eigenvalue weighted by molar-refractivity contribution is -0.156. The van der Waals surface area contributed by atoms with Gasteiger partial charge in [-0.3, -0.25) is 29.5 Å². The molecular weight excluding hydrogens is 646 g/mol. The fourth-order valence-corrected chi connectivity index (χ4v) is 7.42.